The number of ether oxygens (including phenoxy) is 1. The number of rotatable bonds is 6. The van der Waals surface area contributed by atoms with Gasteiger partial charge in [0.1, 0.15) is 11.6 Å². The number of nitrogens with one attached hydrogen (secondary N) is 1. The monoisotopic (exact) mass is 330 g/mol. The number of nitrogen functional groups attached to an aromatic ring is 1. The second kappa shape index (κ2) is 7.34. The van der Waals surface area contributed by atoms with E-state index in [1.54, 1.807) is 0 Å². The second-order valence-electron chi connectivity index (χ2n) is 6.34. The lowest BCUT2D eigenvalue weighted by Crippen LogP contribution is -2.21. The van der Waals surface area contributed by atoms with Crippen molar-refractivity contribution in [3.05, 3.63) is 53.8 Å². The first-order valence-electron chi connectivity index (χ1n) is 7.90. The lowest BCUT2D eigenvalue weighted by atomic mass is 9.82. The smallest absolute Gasteiger partial charge is 0.262 e. The van der Waals surface area contributed by atoms with Crippen molar-refractivity contribution in [1.82, 2.24) is 0 Å². The fourth-order valence-electron chi connectivity index (χ4n) is 2.18. The van der Waals surface area contributed by atoms with Crippen LogP contribution in [-0.2, 0) is 10.2 Å². The molecule has 0 saturated heterocycles. The number of halogens is 1. The van der Waals surface area contributed by atoms with Gasteiger partial charge < -0.3 is 15.8 Å². The van der Waals surface area contributed by atoms with E-state index in [-0.39, 0.29) is 17.7 Å². The van der Waals surface area contributed by atoms with E-state index in [1.807, 2.05) is 24.3 Å². The molecular weight excluding hydrogens is 307 g/mol. The average molecular weight is 330 g/mol. The number of benzene rings is 2. The Hall–Kier alpha value is -2.56. The molecule has 2 aromatic carbocycles. The van der Waals surface area contributed by atoms with E-state index >= 15 is 0 Å². The molecule has 0 aliphatic carbocycles. The summed E-state index contributed by atoms with van der Waals surface area (Å²) in [5.41, 5.74) is 7.31. The number of anilines is 2. The Bertz CT molecular complexity index is 712. The molecule has 2 aromatic rings. The molecule has 2 rings (SSSR count). The van der Waals surface area contributed by atoms with Crippen LogP contribution in [0.5, 0.6) is 5.75 Å². The van der Waals surface area contributed by atoms with Gasteiger partial charge in [0.05, 0.1) is 5.69 Å². The average Bonchev–Trinajstić information content (AvgIpc) is 2.56. The van der Waals surface area contributed by atoms with Gasteiger partial charge in [-0.3, -0.25) is 4.79 Å². The Labute approximate surface area is 141 Å². The number of carbonyl (C=O) groups excluding carboxylic acids is 1. The predicted molar refractivity (Wildman–Crippen MR) is 94.7 cm³/mol. The van der Waals surface area contributed by atoms with Gasteiger partial charge in [0.25, 0.3) is 5.91 Å². The quantitative estimate of drug-likeness (QED) is 0.783. The summed E-state index contributed by atoms with van der Waals surface area (Å²) in [4.78, 5) is 11.9. The molecule has 0 radical (unpaired) electrons. The zero-order valence-electron chi connectivity index (χ0n) is 14.2. The maximum Gasteiger partial charge on any atom is 0.262 e. The van der Waals surface area contributed by atoms with Crippen LogP contribution in [0.15, 0.2) is 42.5 Å². The summed E-state index contributed by atoms with van der Waals surface area (Å²) in [5, 5.41) is 2.45. The summed E-state index contributed by atoms with van der Waals surface area (Å²) in [5.74, 6) is -0.394. The van der Waals surface area contributed by atoms with Crippen molar-refractivity contribution in [1.29, 1.82) is 0 Å². The normalized spacial score (nSPS) is 11.2. The lowest BCUT2D eigenvalue weighted by molar-refractivity contribution is -0.118. The number of amides is 1. The fourth-order valence-corrected chi connectivity index (χ4v) is 2.18. The molecular formula is C19H23FN2O2. The summed E-state index contributed by atoms with van der Waals surface area (Å²) < 4.78 is 19.0. The third-order valence-electron chi connectivity index (χ3n) is 4.15. The maximum absolute atomic E-state index is 13.6. The van der Waals surface area contributed by atoms with Crippen LogP contribution in [-0.4, -0.2) is 12.5 Å². The van der Waals surface area contributed by atoms with Gasteiger partial charge in [-0.05, 0) is 47.7 Å². The highest BCUT2D eigenvalue weighted by atomic mass is 19.1. The van der Waals surface area contributed by atoms with Gasteiger partial charge in [0, 0.05) is 5.69 Å². The van der Waals surface area contributed by atoms with E-state index < -0.39 is 11.7 Å². The van der Waals surface area contributed by atoms with E-state index in [1.165, 1.54) is 23.8 Å². The Morgan fingerprint density at radius 2 is 1.88 bits per heavy atom. The molecule has 0 saturated carbocycles. The van der Waals surface area contributed by atoms with Crippen LogP contribution >= 0.6 is 0 Å². The molecule has 0 bridgehead atoms. The highest BCUT2D eigenvalue weighted by Gasteiger charge is 2.17. The Kier molecular flexibility index (Phi) is 5.44. The molecule has 0 fully saturated rings. The molecule has 0 aliphatic heterocycles. The van der Waals surface area contributed by atoms with Crippen LogP contribution in [0.1, 0.15) is 32.8 Å². The Morgan fingerprint density at radius 3 is 2.50 bits per heavy atom. The molecule has 1 amide bonds. The Morgan fingerprint density at radius 1 is 1.21 bits per heavy atom. The highest BCUT2D eigenvalue weighted by molar-refractivity contribution is 5.92. The summed E-state index contributed by atoms with van der Waals surface area (Å²) in [6.45, 7) is 6.29. The first-order valence-corrected chi connectivity index (χ1v) is 7.90. The van der Waals surface area contributed by atoms with Gasteiger partial charge in [-0.1, -0.05) is 32.9 Å². The van der Waals surface area contributed by atoms with Crippen LogP contribution in [0, 0.1) is 5.82 Å². The summed E-state index contributed by atoms with van der Waals surface area (Å²) in [7, 11) is 0. The topological polar surface area (TPSA) is 64.3 Å². The van der Waals surface area contributed by atoms with Gasteiger partial charge in [0.15, 0.2) is 6.61 Å². The van der Waals surface area contributed by atoms with Crippen LogP contribution in [0.2, 0.25) is 0 Å². The molecule has 24 heavy (non-hydrogen) atoms. The van der Waals surface area contributed by atoms with E-state index in [4.69, 9.17) is 10.5 Å². The van der Waals surface area contributed by atoms with Gasteiger partial charge in [-0.25, -0.2) is 4.39 Å². The first-order chi connectivity index (χ1) is 11.3. The SMILES string of the molecule is CCC(C)(C)c1ccc(OCC(=O)Nc2cc(N)ccc2F)cc1. The van der Waals surface area contributed by atoms with Gasteiger partial charge in [-0.2, -0.15) is 0 Å². The molecule has 0 unspecified atom stereocenters. The molecule has 0 aromatic heterocycles. The standard InChI is InChI=1S/C19H23FN2O2/c1-4-19(2,3)13-5-8-15(9-6-13)24-12-18(23)22-17-11-14(21)7-10-16(17)20/h5-11H,4,12,21H2,1-3H3,(H,22,23). The molecule has 128 valence electrons. The van der Waals surface area contributed by atoms with Crippen LogP contribution in [0.4, 0.5) is 15.8 Å². The van der Waals surface area contributed by atoms with Gasteiger partial charge in [0.2, 0.25) is 0 Å². The summed E-state index contributed by atoms with van der Waals surface area (Å²) in [6.07, 6.45) is 1.03. The molecule has 4 nitrogen and oxygen atoms in total. The predicted octanol–water partition coefficient (Wildman–Crippen LogP) is 4.11. The third-order valence-corrected chi connectivity index (χ3v) is 4.15. The molecule has 0 aliphatic rings. The van der Waals surface area contributed by atoms with Gasteiger partial charge in [-0.15, -0.1) is 0 Å². The zero-order chi connectivity index (χ0) is 17.7. The highest BCUT2D eigenvalue weighted by Crippen LogP contribution is 2.28. The largest absolute Gasteiger partial charge is 0.484 e. The molecule has 0 heterocycles. The fraction of sp³-hybridized carbons (Fsp3) is 0.316. The minimum absolute atomic E-state index is 0.0450. The van der Waals surface area contributed by atoms with E-state index in [0.29, 0.717) is 11.4 Å². The third kappa shape index (κ3) is 4.47. The van der Waals surface area contributed by atoms with E-state index in [9.17, 15) is 9.18 Å². The molecule has 0 spiro atoms. The van der Waals surface area contributed by atoms with Crippen LogP contribution in [0.3, 0.4) is 0 Å². The van der Waals surface area contributed by atoms with Crippen LogP contribution in [0.25, 0.3) is 0 Å². The van der Waals surface area contributed by atoms with E-state index in [0.717, 1.165) is 6.42 Å². The number of nitrogens with two attached hydrogens (primary N) is 1. The minimum Gasteiger partial charge on any atom is -0.484 e. The van der Waals surface area contributed by atoms with E-state index in [2.05, 4.69) is 26.1 Å². The van der Waals surface area contributed by atoms with Crippen molar-refractivity contribution in [3.63, 3.8) is 0 Å². The molecule has 3 N–H and O–H groups in total. The van der Waals surface area contributed by atoms with Crippen molar-refractivity contribution in [2.45, 2.75) is 32.6 Å². The number of hydrogen-bond donors (Lipinski definition) is 2. The van der Waals surface area contributed by atoms with Crippen molar-refractivity contribution < 1.29 is 13.9 Å². The molecule has 0 atom stereocenters. The minimum atomic E-state index is -0.538. The van der Waals surface area contributed by atoms with Crippen molar-refractivity contribution in [2.24, 2.45) is 0 Å². The second-order valence-corrected chi connectivity index (χ2v) is 6.34. The first kappa shape index (κ1) is 17.8. The van der Waals surface area contributed by atoms with Crippen LogP contribution < -0.4 is 15.8 Å². The van der Waals surface area contributed by atoms with Crippen molar-refractivity contribution in [2.75, 3.05) is 17.7 Å². The summed E-state index contributed by atoms with van der Waals surface area (Å²) in [6, 6.07) is 11.7. The number of carbonyl (C=O) groups is 1. The zero-order valence-corrected chi connectivity index (χ0v) is 14.2. The Balaban J connectivity index is 1.93. The van der Waals surface area contributed by atoms with Crippen molar-refractivity contribution in [3.8, 4) is 5.75 Å². The lowest BCUT2D eigenvalue weighted by Gasteiger charge is -2.23. The molecule has 5 heteroatoms. The summed E-state index contributed by atoms with van der Waals surface area (Å²) >= 11 is 0. The number of hydrogen-bond acceptors (Lipinski definition) is 3. The maximum atomic E-state index is 13.6. The van der Waals surface area contributed by atoms with Gasteiger partial charge >= 0.3 is 0 Å². The van der Waals surface area contributed by atoms with Crippen molar-refractivity contribution >= 4 is 17.3 Å².